The van der Waals surface area contributed by atoms with E-state index >= 15 is 0 Å². The van der Waals surface area contributed by atoms with Crippen LogP contribution >= 0.6 is 0 Å². The Bertz CT molecular complexity index is 184. The minimum Gasteiger partial charge on any atom is -0.396 e. The Kier molecular flexibility index (Phi) is 5.07. The molecule has 0 aliphatic carbocycles. The van der Waals surface area contributed by atoms with E-state index in [-0.39, 0.29) is 0 Å². The lowest BCUT2D eigenvalue weighted by molar-refractivity contribution is 0.0895. The Morgan fingerprint density at radius 2 is 1.62 bits per heavy atom. The smallest absolute Gasteiger partial charge is 0.0443 e. The van der Waals surface area contributed by atoms with Crippen molar-refractivity contribution in [1.29, 1.82) is 0 Å². The molecule has 0 radical (unpaired) electrons. The Balaban J connectivity index is 1.67. The second-order valence-electron chi connectivity index (χ2n) is 5.25. The molecule has 2 aliphatic heterocycles. The van der Waals surface area contributed by atoms with E-state index in [1.807, 2.05) is 0 Å². The third kappa shape index (κ3) is 3.44. The lowest BCUT2D eigenvalue weighted by Gasteiger charge is -2.40. The van der Waals surface area contributed by atoms with Crippen molar-refractivity contribution in [2.75, 3.05) is 39.3 Å². The minimum atomic E-state index is 0.339. The molecule has 0 aromatic heterocycles. The maximum Gasteiger partial charge on any atom is 0.0443 e. The van der Waals surface area contributed by atoms with E-state index in [1.54, 1.807) is 0 Å². The zero-order valence-electron chi connectivity index (χ0n) is 10.4. The topological polar surface area (TPSA) is 26.7 Å². The minimum absolute atomic E-state index is 0.339. The van der Waals surface area contributed by atoms with Gasteiger partial charge in [0, 0.05) is 19.2 Å². The monoisotopic (exact) mass is 226 g/mol. The fourth-order valence-electron chi connectivity index (χ4n) is 3.09. The molecule has 0 spiro atoms. The standard InChI is InChI=1S/C13H26N2O/c16-12-4-7-14-10-5-13(6-11-14)15-8-2-1-3-9-15/h13,16H,1-12H2. The molecule has 2 heterocycles. The van der Waals surface area contributed by atoms with Crippen LogP contribution in [0.1, 0.15) is 38.5 Å². The molecule has 3 nitrogen and oxygen atoms in total. The van der Waals surface area contributed by atoms with Gasteiger partial charge in [0.2, 0.25) is 0 Å². The van der Waals surface area contributed by atoms with Crippen molar-refractivity contribution in [3.05, 3.63) is 0 Å². The van der Waals surface area contributed by atoms with Crippen molar-refractivity contribution in [3.63, 3.8) is 0 Å². The van der Waals surface area contributed by atoms with Crippen molar-refractivity contribution in [1.82, 2.24) is 9.80 Å². The summed E-state index contributed by atoms with van der Waals surface area (Å²) >= 11 is 0. The van der Waals surface area contributed by atoms with Gasteiger partial charge in [-0.2, -0.15) is 0 Å². The van der Waals surface area contributed by atoms with E-state index in [2.05, 4.69) is 9.80 Å². The molecule has 0 aromatic rings. The Hall–Kier alpha value is -0.120. The highest BCUT2D eigenvalue weighted by molar-refractivity contribution is 4.81. The van der Waals surface area contributed by atoms with Crippen LogP contribution in [0.2, 0.25) is 0 Å². The summed E-state index contributed by atoms with van der Waals surface area (Å²) in [7, 11) is 0. The van der Waals surface area contributed by atoms with Crippen LogP contribution in [0.15, 0.2) is 0 Å². The number of nitrogens with zero attached hydrogens (tertiary/aromatic N) is 2. The highest BCUT2D eigenvalue weighted by Crippen LogP contribution is 2.20. The van der Waals surface area contributed by atoms with Gasteiger partial charge in [0.1, 0.15) is 0 Å². The van der Waals surface area contributed by atoms with Gasteiger partial charge in [0.25, 0.3) is 0 Å². The zero-order valence-corrected chi connectivity index (χ0v) is 10.4. The first-order chi connectivity index (χ1) is 7.90. The molecule has 1 N–H and O–H groups in total. The number of hydrogen-bond donors (Lipinski definition) is 1. The summed E-state index contributed by atoms with van der Waals surface area (Å²) in [5.74, 6) is 0. The summed E-state index contributed by atoms with van der Waals surface area (Å²) in [6, 6.07) is 0.852. The van der Waals surface area contributed by atoms with E-state index in [0.717, 1.165) is 19.0 Å². The van der Waals surface area contributed by atoms with E-state index in [9.17, 15) is 0 Å². The first-order valence-electron chi connectivity index (χ1n) is 6.97. The molecule has 0 bridgehead atoms. The SMILES string of the molecule is OCCCN1CCC(N2CCCCC2)CC1. The summed E-state index contributed by atoms with van der Waals surface area (Å²) in [4.78, 5) is 5.23. The third-order valence-electron chi connectivity index (χ3n) is 4.10. The molecule has 2 aliphatic rings. The first kappa shape index (κ1) is 12.3. The molecular weight excluding hydrogens is 200 g/mol. The van der Waals surface area contributed by atoms with Crippen LogP contribution in [0.4, 0.5) is 0 Å². The number of likely N-dealkylation sites (tertiary alicyclic amines) is 2. The van der Waals surface area contributed by atoms with Crippen molar-refractivity contribution < 1.29 is 5.11 Å². The van der Waals surface area contributed by atoms with Crippen LogP contribution < -0.4 is 0 Å². The van der Waals surface area contributed by atoms with Crippen molar-refractivity contribution in [3.8, 4) is 0 Å². The van der Waals surface area contributed by atoms with Gasteiger partial charge >= 0.3 is 0 Å². The summed E-state index contributed by atoms with van der Waals surface area (Å²) in [5.41, 5.74) is 0. The van der Waals surface area contributed by atoms with Gasteiger partial charge in [0.05, 0.1) is 0 Å². The maximum absolute atomic E-state index is 8.82. The third-order valence-corrected chi connectivity index (χ3v) is 4.10. The van der Waals surface area contributed by atoms with Crippen molar-refractivity contribution in [2.24, 2.45) is 0 Å². The molecule has 0 atom stereocenters. The highest BCUT2D eigenvalue weighted by Gasteiger charge is 2.24. The number of aliphatic hydroxyl groups excluding tert-OH is 1. The molecule has 16 heavy (non-hydrogen) atoms. The average molecular weight is 226 g/mol. The van der Waals surface area contributed by atoms with Gasteiger partial charge < -0.3 is 14.9 Å². The number of rotatable bonds is 4. The maximum atomic E-state index is 8.82. The van der Waals surface area contributed by atoms with Crippen molar-refractivity contribution >= 4 is 0 Å². The quantitative estimate of drug-likeness (QED) is 0.783. The van der Waals surface area contributed by atoms with Gasteiger partial charge in [-0.1, -0.05) is 6.42 Å². The molecular formula is C13H26N2O. The summed E-state index contributed by atoms with van der Waals surface area (Å²) < 4.78 is 0. The van der Waals surface area contributed by atoms with Gasteiger partial charge in [-0.05, 0) is 58.3 Å². The number of hydrogen-bond acceptors (Lipinski definition) is 3. The molecule has 0 saturated carbocycles. The predicted molar refractivity (Wildman–Crippen MR) is 66.6 cm³/mol. The van der Waals surface area contributed by atoms with Crippen LogP contribution in [0.25, 0.3) is 0 Å². The summed E-state index contributed by atoms with van der Waals surface area (Å²) in [6.07, 6.45) is 7.87. The second-order valence-corrected chi connectivity index (χ2v) is 5.25. The Morgan fingerprint density at radius 1 is 0.938 bits per heavy atom. The van der Waals surface area contributed by atoms with E-state index in [0.29, 0.717) is 6.61 Å². The number of piperidine rings is 2. The second kappa shape index (κ2) is 6.58. The van der Waals surface area contributed by atoms with Crippen molar-refractivity contribution in [2.45, 2.75) is 44.6 Å². The lowest BCUT2D eigenvalue weighted by atomic mass is 10.00. The van der Waals surface area contributed by atoms with E-state index in [4.69, 9.17) is 5.11 Å². The van der Waals surface area contributed by atoms with E-state index < -0.39 is 0 Å². The van der Waals surface area contributed by atoms with E-state index in [1.165, 1.54) is 58.3 Å². The molecule has 2 fully saturated rings. The molecule has 0 aromatic carbocycles. The first-order valence-corrected chi connectivity index (χ1v) is 6.97. The molecule has 2 saturated heterocycles. The van der Waals surface area contributed by atoms with Gasteiger partial charge in [-0.3, -0.25) is 0 Å². The van der Waals surface area contributed by atoms with Crippen LogP contribution in [0, 0.1) is 0 Å². The molecule has 3 heteroatoms. The fraction of sp³-hybridized carbons (Fsp3) is 1.00. The predicted octanol–water partition coefficient (Wildman–Crippen LogP) is 1.32. The van der Waals surface area contributed by atoms with Gasteiger partial charge in [-0.25, -0.2) is 0 Å². The molecule has 0 amide bonds. The zero-order chi connectivity index (χ0) is 11.2. The van der Waals surface area contributed by atoms with Crippen LogP contribution in [0.5, 0.6) is 0 Å². The summed E-state index contributed by atoms with van der Waals surface area (Å²) in [5, 5.41) is 8.82. The highest BCUT2D eigenvalue weighted by atomic mass is 16.3. The fourth-order valence-corrected chi connectivity index (χ4v) is 3.09. The normalized spacial score (nSPS) is 26.1. The molecule has 94 valence electrons. The summed E-state index contributed by atoms with van der Waals surface area (Å²) in [6.45, 7) is 6.57. The van der Waals surface area contributed by atoms with Crippen LogP contribution in [-0.2, 0) is 0 Å². The van der Waals surface area contributed by atoms with Gasteiger partial charge in [-0.15, -0.1) is 0 Å². The molecule has 0 unspecified atom stereocenters. The Morgan fingerprint density at radius 3 is 2.25 bits per heavy atom. The largest absolute Gasteiger partial charge is 0.396 e. The van der Waals surface area contributed by atoms with Gasteiger partial charge in [0.15, 0.2) is 0 Å². The van der Waals surface area contributed by atoms with Crippen LogP contribution in [-0.4, -0.2) is 60.3 Å². The number of aliphatic hydroxyl groups is 1. The van der Waals surface area contributed by atoms with Crippen LogP contribution in [0.3, 0.4) is 0 Å². The average Bonchev–Trinajstić information content (AvgIpc) is 2.38. The molecule has 2 rings (SSSR count). The lowest BCUT2D eigenvalue weighted by Crippen LogP contribution is -2.46. The Labute approximate surface area is 99.4 Å².